The Morgan fingerprint density at radius 3 is 2.38 bits per heavy atom. The summed E-state index contributed by atoms with van der Waals surface area (Å²) in [5.74, 6) is 0. The Morgan fingerprint density at radius 2 is 1.88 bits per heavy atom. The number of nitrogens with one attached hydrogen (secondary N) is 1. The molecule has 1 aliphatic heterocycles. The smallest absolute Gasteiger partial charge is 0.121 e. The van der Waals surface area contributed by atoms with Crippen molar-refractivity contribution in [2.45, 2.75) is 38.5 Å². The van der Waals surface area contributed by atoms with Crippen molar-refractivity contribution in [3.8, 4) is 0 Å². The summed E-state index contributed by atoms with van der Waals surface area (Å²) in [7, 11) is 0. The van der Waals surface area contributed by atoms with Crippen LogP contribution in [0.25, 0.3) is 0 Å². The Balaban J connectivity index is 2.07. The Bertz CT molecular complexity index is 374. The number of halogens is 1. The summed E-state index contributed by atoms with van der Waals surface area (Å²) < 4.78 is 7.16. The molecule has 1 heterocycles. The molecule has 3 heteroatoms. The molecule has 1 atom stereocenters. The maximum atomic E-state index is 6.05. The highest BCUT2D eigenvalue weighted by Crippen LogP contribution is 2.28. The van der Waals surface area contributed by atoms with Crippen LogP contribution in [0.1, 0.15) is 26.3 Å². The first-order valence-corrected chi connectivity index (χ1v) is 6.38. The van der Waals surface area contributed by atoms with Crippen LogP contribution >= 0.6 is 15.9 Å². The molecule has 1 saturated heterocycles. The van der Waals surface area contributed by atoms with Crippen LogP contribution in [-0.2, 0) is 11.2 Å². The van der Waals surface area contributed by atoms with Gasteiger partial charge in [0, 0.05) is 17.4 Å². The molecule has 0 radical (unpaired) electrons. The Kier molecular flexibility index (Phi) is 3.12. The molecular formula is C13H18BrNO. The van der Waals surface area contributed by atoms with Gasteiger partial charge in [-0.25, -0.2) is 0 Å². The number of benzene rings is 1. The maximum absolute atomic E-state index is 6.05. The van der Waals surface area contributed by atoms with E-state index in [0.29, 0.717) is 0 Å². The summed E-state index contributed by atoms with van der Waals surface area (Å²) in [6.07, 6.45) is 0.893. The van der Waals surface area contributed by atoms with Gasteiger partial charge in [0.2, 0.25) is 0 Å². The first-order valence-electron chi connectivity index (χ1n) is 5.58. The first kappa shape index (κ1) is 12.1. The third-order valence-electron chi connectivity index (χ3n) is 2.84. The van der Waals surface area contributed by atoms with Crippen molar-refractivity contribution in [3.05, 3.63) is 34.3 Å². The van der Waals surface area contributed by atoms with Crippen LogP contribution in [0.4, 0.5) is 0 Å². The van der Waals surface area contributed by atoms with Gasteiger partial charge in [-0.3, -0.25) is 5.32 Å². The molecule has 0 bridgehead atoms. The van der Waals surface area contributed by atoms with E-state index in [9.17, 15) is 0 Å². The first-order chi connectivity index (χ1) is 7.39. The lowest BCUT2D eigenvalue weighted by atomic mass is 10.0. The SMILES string of the molecule is CC1(C)CNC(C)(Cc2ccc(Br)cc2)O1. The zero-order valence-corrected chi connectivity index (χ0v) is 11.6. The van der Waals surface area contributed by atoms with Crippen LogP contribution in [0, 0.1) is 0 Å². The van der Waals surface area contributed by atoms with Crippen molar-refractivity contribution < 1.29 is 4.74 Å². The third-order valence-corrected chi connectivity index (χ3v) is 3.37. The molecule has 0 saturated carbocycles. The van der Waals surface area contributed by atoms with Crippen LogP contribution in [0.2, 0.25) is 0 Å². The molecule has 1 aliphatic rings. The summed E-state index contributed by atoms with van der Waals surface area (Å²) in [5, 5.41) is 3.45. The molecule has 0 aromatic heterocycles. The molecule has 1 unspecified atom stereocenters. The fourth-order valence-corrected chi connectivity index (χ4v) is 2.44. The standard InChI is InChI=1S/C13H18BrNO/c1-12(2)9-15-13(3,16-12)8-10-4-6-11(14)7-5-10/h4-7,15H,8-9H2,1-3H3. The fraction of sp³-hybridized carbons (Fsp3) is 0.538. The zero-order valence-electron chi connectivity index (χ0n) is 10.0. The zero-order chi connectivity index (χ0) is 11.8. The predicted molar refractivity (Wildman–Crippen MR) is 69.4 cm³/mol. The van der Waals surface area contributed by atoms with Gasteiger partial charge < -0.3 is 4.74 Å². The van der Waals surface area contributed by atoms with Crippen molar-refractivity contribution >= 4 is 15.9 Å². The summed E-state index contributed by atoms with van der Waals surface area (Å²) in [4.78, 5) is 0. The molecule has 1 fully saturated rings. The normalized spacial score (nSPS) is 28.2. The minimum absolute atomic E-state index is 0.0654. The van der Waals surface area contributed by atoms with Crippen LogP contribution in [0.15, 0.2) is 28.7 Å². The maximum Gasteiger partial charge on any atom is 0.121 e. The fourth-order valence-electron chi connectivity index (χ4n) is 2.17. The summed E-state index contributed by atoms with van der Waals surface area (Å²) in [5.41, 5.74) is 0.984. The van der Waals surface area contributed by atoms with E-state index in [0.717, 1.165) is 17.4 Å². The molecule has 0 amide bonds. The third kappa shape index (κ3) is 2.84. The summed E-state index contributed by atoms with van der Waals surface area (Å²) in [6.45, 7) is 7.25. The van der Waals surface area contributed by atoms with E-state index in [2.05, 4.69) is 66.3 Å². The van der Waals surface area contributed by atoms with Gasteiger partial charge in [0.1, 0.15) is 5.72 Å². The lowest BCUT2D eigenvalue weighted by Gasteiger charge is -2.27. The Hall–Kier alpha value is -0.380. The van der Waals surface area contributed by atoms with Crippen LogP contribution in [-0.4, -0.2) is 17.9 Å². The molecule has 16 heavy (non-hydrogen) atoms. The second kappa shape index (κ2) is 4.13. The monoisotopic (exact) mass is 283 g/mol. The van der Waals surface area contributed by atoms with Gasteiger partial charge in [-0.2, -0.15) is 0 Å². The van der Waals surface area contributed by atoms with E-state index in [1.807, 2.05) is 0 Å². The number of hydrogen-bond acceptors (Lipinski definition) is 2. The van der Waals surface area contributed by atoms with Gasteiger partial charge in [0.05, 0.1) is 5.60 Å². The van der Waals surface area contributed by atoms with Crippen LogP contribution in [0.5, 0.6) is 0 Å². The Morgan fingerprint density at radius 1 is 1.25 bits per heavy atom. The van der Waals surface area contributed by atoms with E-state index < -0.39 is 0 Å². The molecular weight excluding hydrogens is 266 g/mol. The molecule has 1 N–H and O–H groups in total. The van der Waals surface area contributed by atoms with Crippen LogP contribution in [0.3, 0.4) is 0 Å². The highest BCUT2D eigenvalue weighted by Gasteiger charge is 2.40. The minimum atomic E-state index is -0.239. The quantitative estimate of drug-likeness (QED) is 0.901. The van der Waals surface area contributed by atoms with Crippen LogP contribution < -0.4 is 5.32 Å². The van der Waals surface area contributed by atoms with Crippen molar-refractivity contribution in [1.29, 1.82) is 0 Å². The van der Waals surface area contributed by atoms with E-state index >= 15 is 0 Å². The molecule has 1 aromatic rings. The van der Waals surface area contributed by atoms with E-state index in [1.165, 1.54) is 5.56 Å². The van der Waals surface area contributed by atoms with Gasteiger partial charge in [-0.15, -0.1) is 0 Å². The topological polar surface area (TPSA) is 21.3 Å². The van der Waals surface area contributed by atoms with Gasteiger partial charge >= 0.3 is 0 Å². The van der Waals surface area contributed by atoms with Crippen molar-refractivity contribution in [2.75, 3.05) is 6.54 Å². The molecule has 2 rings (SSSR count). The minimum Gasteiger partial charge on any atom is -0.353 e. The second-order valence-electron chi connectivity index (χ2n) is 5.25. The average Bonchev–Trinajstić information content (AvgIpc) is 2.45. The molecule has 1 aromatic carbocycles. The number of ether oxygens (including phenoxy) is 1. The van der Waals surface area contributed by atoms with E-state index in [1.54, 1.807) is 0 Å². The van der Waals surface area contributed by atoms with E-state index in [4.69, 9.17) is 4.74 Å². The van der Waals surface area contributed by atoms with E-state index in [-0.39, 0.29) is 11.3 Å². The molecule has 88 valence electrons. The number of hydrogen-bond donors (Lipinski definition) is 1. The van der Waals surface area contributed by atoms with Gasteiger partial charge in [-0.1, -0.05) is 28.1 Å². The van der Waals surface area contributed by atoms with Gasteiger partial charge in [-0.05, 0) is 38.5 Å². The lowest BCUT2D eigenvalue weighted by Crippen LogP contribution is -2.40. The highest BCUT2D eigenvalue weighted by atomic mass is 79.9. The highest BCUT2D eigenvalue weighted by molar-refractivity contribution is 9.10. The summed E-state index contributed by atoms with van der Waals surface area (Å²) >= 11 is 3.44. The average molecular weight is 284 g/mol. The molecule has 0 aliphatic carbocycles. The largest absolute Gasteiger partial charge is 0.353 e. The predicted octanol–water partition coefficient (Wildman–Crippen LogP) is 3.11. The molecule has 0 spiro atoms. The van der Waals surface area contributed by atoms with Crippen molar-refractivity contribution in [3.63, 3.8) is 0 Å². The van der Waals surface area contributed by atoms with Gasteiger partial charge in [0.25, 0.3) is 0 Å². The Labute approximate surface area is 106 Å². The second-order valence-corrected chi connectivity index (χ2v) is 6.17. The lowest BCUT2D eigenvalue weighted by molar-refractivity contribution is -0.0785. The van der Waals surface area contributed by atoms with Crippen molar-refractivity contribution in [2.24, 2.45) is 0 Å². The number of rotatable bonds is 2. The molecule has 2 nitrogen and oxygen atoms in total. The summed E-state index contributed by atoms with van der Waals surface area (Å²) in [6, 6.07) is 8.40. The van der Waals surface area contributed by atoms with Crippen molar-refractivity contribution in [1.82, 2.24) is 5.32 Å². The van der Waals surface area contributed by atoms with Gasteiger partial charge in [0.15, 0.2) is 0 Å².